The normalized spacial score (nSPS) is 10.2. The van der Waals surface area contributed by atoms with Crippen LogP contribution in [0.3, 0.4) is 0 Å². The predicted octanol–water partition coefficient (Wildman–Crippen LogP) is 3.44. The van der Waals surface area contributed by atoms with Crippen LogP contribution in [0.15, 0.2) is 48.5 Å². The van der Waals surface area contributed by atoms with Crippen molar-refractivity contribution in [2.45, 2.75) is 6.10 Å². The van der Waals surface area contributed by atoms with Crippen molar-refractivity contribution in [1.82, 2.24) is 0 Å². The molecule has 0 heterocycles. The van der Waals surface area contributed by atoms with Crippen LogP contribution in [0.1, 0.15) is 17.2 Å². The van der Waals surface area contributed by atoms with Gasteiger partial charge in [0.2, 0.25) is 0 Å². The highest BCUT2D eigenvalue weighted by Crippen LogP contribution is 2.28. The van der Waals surface area contributed by atoms with E-state index in [0.717, 1.165) is 22.6 Å². The molecule has 2 aromatic rings. The Hall–Kier alpha value is -2.44. The monoisotopic (exact) mass is 282 g/mol. The number of ether oxygens (including phenoxy) is 3. The fourth-order valence-corrected chi connectivity index (χ4v) is 2.07. The second-order valence-corrected chi connectivity index (χ2v) is 4.44. The Morgan fingerprint density at radius 1 is 0.857 bits per heavy atom. The van der Waals surface area contributed by atoms with E-state index in [0.29, 0.717) is 0 Å². The molecule has 0 saturated carbocycles. The van der Waals surface area contributed by atoms with E-state index < -0.39 is 0 Å². The molecule has 108 valence electrons. The molecule has 0 aliphatic rings. The molecule has 2 rings (SSSR count). The van der Waals surface area contributed by atoms with Crippen molar-refractivity contribution in [2.24, 2.45) is 0 Å². The van der Waals surface area contributed by atoms with E-state index in [9.17, 15) is 0 Å². The van der Waals surface area contributed by atoms with Crippen molar-refractivity contribution in [1.29, 1.82) is 0 Å². The molecular formula is C18H18O3. The Morgan fingerprint density at radius 3 is 1.62 bits per heavy atom. The maximum Gasteiger partial charge on any atom is 0.118 e. The van der Waals surface area contributed by atoms with Crippen molar-refractivity contribution < 1.29 is 14.2 Å². The fourth-order valence-electron chi connectivity index (χ4n) is 2.07. The lowest BCUT2D eigenvalue weighted by Crippen LogP contribution is -2.06. The average molecular weight is 282 g/mol. The van der Waals surface area contributed by atoms with Gasteiger partial charge in [0.25, 0.3) is 0 Å². The van der Waals surface area contributed by atoms with E-state index in [1.54, 1.807) is 14.2 Å². The molecule has 3 heteroatoms. The number of rotatable bonds is 6. The van der Waals surface area contributed by atoms with Gasteiger partial charge in [-0.1, -0.05) is 30.2 Å². The zero-order chi connectivity index (χ0) is 15.1. The fraction of sp³-hybridized carbons (Fsp3) is 0.222. The van der Waals surface area contributed by atoms with Crippen LogP contribution in [0, 0.1) is 12.3 Å². The van der Waals surface area contributed by atoms with Crippen molar-refractivity contribution in [3.63, 3.8) is 0 Å². The summed E-state index contributed by atoms with van der Waals surface area (Å²) in [5, 5.41) is 0. The first-order valence-electron chi connectivity index (χ1n) is 6.61. The van der Waals surface area contributed by atoms with Crippen LogP contribution < -0.4 is 9.47 Å². The summed E-state index contributed by atoms with van der Waals surface area (Å²) in [6.07, 6.45) is 5.10. The maximum absolute atomic E-state index is 5.79. The van der Waals surface area contributed by atoms with Gasteiger partial charge in [0.15, 0.2) is 0 Å². The zero-order valence-electron chi connectivity index (χ0n) is 12.2. The first-order chi connectivity index (χ1) is 10.3. The van der Waals surface area contributed by atoms with Crippen molar-refractivity contribution >= 4 is 0 Å². The van der Waals surface area contributed by atoms with E-state index in [4.69, 9.17) is 20.6 Å². The van der Waals surface area contributed by atoms with Crippen LogP contribution in [0.4, 0.5) is 0 Å². The third-order valence-corrected chi connectivity index (χ3v) is 3.17. The number of benzene rings is 2. The molecule has 0 saturated heterocycles. The summed E-state index contributed by atoms with van der Waals surface area (Å²) in [7, 11) is 3.29. The molecule has 0 aliphatic heterocycles. The maximum atomic E-state index is 5.79. The van der Waals surface area contributed by atoms with E-state index in [-0.39, 0.29) is 12.7 Å². The lowest BCUT2D eigenvalue weighted by Gasteiger charge is -2.18. The van der Waals surface area contributed by atoms with Crippen LogP contribution in [0.25, 0.3) is 0 Å². The van der Waals surface area contributed by atoms with Crippen LogP contribution in [0.5, 0.6) is 11.5 Å². The van der Waals surface area contributed by atoms with Gasteiger partial charge in [-0.05, 0) is 35.4 Å². The van der Waals surface area contributed by atoms with Crippen molar-refractivity contribution in [2.75, 3.05) is 20.8 Å². The Morgan fingerprint density at radius 2 is 1.29 bits per heavy atom. The molecule has 21 heavy (non-hydrogen) atoms. The first-order valence-corrected chi connectivity index (χ1v) is 6.61. The molecule has 0 bridgehead atoms. The van der Waals surface area contributed by atoms with Gasteiger partial charge in [-0.2, -0.15) is 0 Å². The molecule has 0 unspecified atom stereocenters. The quantitative estimate of drug-likeness (QED) is 0.760. The second-order valence-electron chi connectivity index (χ2n) is 4.44. The highest BCUT2D eigenvalue weighted by atomic mass is 16.5. The molecule has 0 aromatic heterocycles. The molecule has 0 fully saturated rings. The number of hydrogen-bond donors (Lipinski definition) is 0. The third-order valence-electron chi connectivity index (χ3n) is 3.17. The molecule has 0 amide bonds. The van der Waals surface area contributed by atoms with Crippen molar-refractivity contribution in [3.8, 4) is 23.8 Å². The minimum absolute atomic E-state index is 0.210. The van der Waals surface area contributed by atoms with Gasteiger partial charge in [0.1, 0.15) is 24.2 Å². The highest BCUT2D eigenvalue weighted by molar-refractivity contribution is 5.36. The highest BCUT2D eigenvalue weighted by Gasteiger charge is 2.14. The van der Waals surface area contributed by atoms with E-state index in [1.807, 2.05) is 48.5 Å². The van der Waals surface area contributed by atoms with Crippen LogP contribution in [-0.2, 0) is 4.74 Å². The van der Waals surface area contributed by atoms with Gasteiger partial charge in [-0.15, -0.1) is 6.42 Å². The number of hydrogen-bond acceptors (Lipinski definition) is 3. The van der Waals surface area contributed by atoms with E-state index in [2.05, 4.69) is 5.92 Å². The molecule has 0 radical (unpaired) electrons. The topological polar surface area (TPSA) is 27.7 Å². The molecule has 0 spiro atoms. The van der Waals surface area contributed by atoms with Gasteiger partial charge < -0.3 is 14.2 Å². The minimum atomic E-state index is -0.210. The van der Waals surface area contributed by atoms with Gasteiger partial charge in [-0.3, -0.25) is 0 Å². The number of terminal acetylenes is 1. The lowest BCUT2D eigenvalue weighted by atomic mass is 10.0. The Balaban J connectivity index is 2.29. The van der Waals surface area contributed by atoms with Crippen LogP contribution >= 0.6 is 0 Å². The van der Waals surface area contributed by atoms with Gasteiger partial charge >= 0.3 is 0 Å². The predicted molar refractivity (Wildman–Crippen MR) is 82.6 cm³/mol. The summed E-state index contributed by atoms with van der Waals surface area (Å²) in [6.45, 7) is 0.253. The largest absolute Gasteiger partial charge is 0.497 e. The average Bonchev–Trinajstić information content (AvgIpc) is 2.56. The molecule has 0 aliphatic carbocycles. The SMILES string of the molecule is C#CCOC(c1ccc(OC)cc1)c1ccc(OC)cc1. The summed E-state index contributed by atoms with van der Waals surface area (Å²) >= 11 is 0. The Kier molecular flexibility index (Phi) is 5.25. The standard InChI is InChI=1S/C18H18O3/c1-4-13-21-18(14-5-9-16(19-2)10-6-14)15-7-11-17(20-3)12-8-15/h1,5-12,18H,13H2,2-3H3. The van der Waals surface area contributed by atoms with Crippen LogP contribution in [0.2, 0.25) is 0 Å². The summed E-state index contributed by atoms with van der Waals surface area (Å²) in [6, 6.07) is 15.5. The Bertz CT molecular complexity index is 546. The molecular weight excluding hydrogens is 264 g/mol. The summed E-state index contributed by atoms with van der Waals surface area (Å²) in [5.74, 6) is 4.13. The third kappa shape index (κ3) is 3.77. The van der Waals surface area contributed by atoms with E-state index >= 15 is 0 Å². The van der Waals surface area contributed by atoms with Crippen LogP contribution in [-0.4, -0.2) is 20.8 Å². The summed E-state index contributed by atoms with van der Waals surface area (Å²) in [5.41, 5.74) is 2.05. The van der Waals surface area contributed by atoms with Gasteiger partial charge in [0.05, 0.1) is 14.2 Å². The number of methoxy groups -OCH3 is 2. The smallest absolute Gasteiger partial charge is 0.118 e. The Labute approximate surface area is 125 Å². The second kappa shape index (κ2) is 7.37. The lowest BCUT2D eigenvalue weighted by molar-refractivity contribution is 0.108. The summed E-state index contributed by atoms with van der Waals surface area (Å²) in [4.78, 5) is 0. The van der Waals surface area contributed by atoms with Crippen molar-refractivity contribution in [3.05, 3.63) is 59.7 Å². The van der Waals surface area contributed by atoms with E-state index in [1.165, 1.54) is 0 Å². The zero-order valence-corrected chi connectivity index (χ0v) is 12.2. The molecule has 0 N–H and O–H groups in total. The molecule has 3 nitrogen and oxygen atoms in total. The molecule has 2 aromatic carbocycles. The first kappa shape index (κ1) is 15.0. The van der Waals surface area contributed by atoms with Gasteiger partial charge in [0, 0.05) is 0 Å². The van der Waals surface area contributed by atoms with Gasteiger partial charge in [-0.25, -0.2) is 0 Å². The minimum Gasteiger partial charge on any atom is -0.497 e. The summed E-state index contributed by atoms with van der Waals surface area (Å²) < 4.78 is 16.1. The molecule has 0 atom stereocenters.